The molecule has 0 aliphatic heterocycles. The first-order chi connectivity index (χ1) is 8.12. The molecular weight excluding hydrogens is 228 g/mol. The molecule has 0 aliphatic rings. The summed E-state index contributed by atoms with van der Waals surface area (Å²) in [6, 6.07) is 0. The van der Waals surface area contributed by atoms with Crippen LogP contribution < -0.4 is 0 Å². The van der Waals surface area contributed by atoms with Gasteiger partial charge in [0.1, 0.15) is 0 Å². The van der Waals surface area contributed by atoms with Gasteiger partial charge in [0.25, 0.3) is 0 Å². The number of hydrogen-bond acceptors (Lipinski definition) is 2. The van der Waals surface area contributed by atoms with Crippen molar-refractivity contribution >= 4 is 8.56 Å². The molecular formula is C14H30O2Si. The summed E-state index contributed by atoms with van der Waals surface area (Å²) in [5, 5.41) is 0. The van der Waals surface area contributed by atoms with Crippen LogP contribution in [0.5, 0.6) is 0 Å². The zero-order valence-electron chi connectivity index (χ0n) is 12.0. The molecule has 17 heavy (non-hydrogen) atoms. The van der Waals surface area contributed by atoms with Crippen LogP contribution in [-0.4, -0.2) is 21.8 Å². The SMILES string of the molecule is C=CCCO[Si](C)(C)OCCCCCCCC. The molecule has 0 aliphatic carbocycles. The van der Waals surface area contributed by atoms with Crippen molar-refractivity contribution in [1.29, 1.82) is 0 Å². The summed E-state index contributed by atoms with van der Waals surface area (Å²) in [7, 11) is -1.86. The Balaban J connectivity index is 3.35. The maximum absolute atomic E-state index is 5.86. The van der Waals surface area contributed by atoms with Crippen molar-refractivity contribution < 1.29 is 8.85 Å². The minimum atomic E-state index is -1.86. The molecule has 0 amide bonds. The molecule has 2 nitrogen and oxygen atoms in total. The van der Waals surface area contributed by atoms with E-state index in [0.717, 1.165) is 19.6 Å². The predicted octanol–water partition coefficient (Wildman–Crippen LogP) is 4.66. The van der Waals surface area contributed by atoms with Crippen LogP contribution in [-0.2, 0) is 8.85 Å². The molecule has 0 N–H and O–H groups in total. The van der Waals surface area contributed by atoms with Gasteiger partial charge in [-0.3, -0.25) is 0 Å². The summed E-state index contributed by atoms with van der Waals surface area (Å²) >= 11 is 0. The van der Waals surface area contributed by atoms with Crippen LogP contribution in [0.3, 0.4) is 0 Å². The highest BCUT2D eigenvalue weighted by molar-refractivity contribution is 6.64. The molecule has 0 spiro atoms. The van der Waals surface area contributed by atoms with Crippen molar-refractivity contribution in [2.24, 2.45) is 0 Å². The van der Waals surface area contributed by atoms with E-state index in [0.29, 0.717) is 0 Å². The second kappa shape index (κ2) is 11.0. The fourth-order valence-corrected chi connectivity index (χ4v) is 2.96. The topological polar surface area (TPSA) is 18.5 Å². The summed E-state index contributed by atoms with van der Waals surface area (Å²) in [6.45, 7) is 11.8. The number of rotatable bonds is 12. The third kappa shape index (κ3) is 12.1. The Labute approximate surface area is 109 Å². The van der Waals surface area contributed by atoms with Crippen molar-refractivity contribution in [3.63, 3.8) is 0 Å². The standard InChI is InChI=1S/C14H30O2Si/c1-5-7-9-10-11-12-14-16-17(3,4)15-13-8-6-2/h6H,2,5,7-14H2,1,3-4H3. The van der Waals surface area contributed by atoms with Crippen LogP contribution >= 0.6 is 0 Å². The van der Waals surface area contributed by atoms with Crippen LogP contribution in [0.1, 0.15) is 51.9 Å². The van der Waals surface area contributed by atoms with Crippen LogP contribution in [0.15, 0.2) is 12.7 Å². The van der Waals surface area contributed by atoms with Crippen LogP contribution in [0.2, 0.25) is 13.1 Å². The summed E-state index contributed by atoms with van der Waals surface area (Å²) in [5.74, 6) is 0. The molecule has 0 unspecified atom stereocenters. The van der Waals surface area contributed by atoms with E-state index in [-0.39, 0.29) is 0 Å². The van der Waals surface area contributed by atoms with E-state index < -0.39 is 8.56 Å². The van der Waals surface area contributed by atoms with Crippen molar-refractivity contribution in [2.45, 2.75) is 65.0 Å². The Morgan fingerprint density at radius 3 is 2.18 bits per heavy atom. The highest BCUT2D eigenvalue weighted by Crippen LogP contribution is 2.10. The van der Waals surface area contributed by atoms with Crippen molar-refractivity contribution in [2.75, 3.05) is 13.2 Å². The smallest absolute Gasteiger partial charge is 0.331 e. The Kier molecular flexibility index (Phi) is 10.9. The summed E-state index contributed by atoms with van der Waals surface area (Å²) in [6.07, 6.45) is 10.7. The van der Waals surface area contributed by atoms with E-state index in [1.165, 1.54) is 38.5 Å². The van der Waals surface area contributed by atoms with Gasteiger partial charge in [-0.05, 0) is 25.9 Å². The molecule has 0 fully saturated rings. The number of hydrogen-bond donors (Lipinski definition) is 0. The lowest BCUT2D eigenvalue weighted by atomic mass is 10.1. The largest absolute Gasteiger partial charge is 0.395 e. The lowest BCUT2D eigenvalue weighted by Crippen LogP contribution is -2.35. The van der Waals surface area contributed by atoms with Crippen molar-refractivity contribution in [1.82, 2.24) is 0 Å². The number of unbranched alkanes of at least 4 members (excludes halogenated alkanes) is 5. The molecule has 0 aromatic heterocycles. The molecule has 0 aromatic rings. The molecule has 0 aromatic carbocycles. The minimum absolute atomic E-state index is 0.749. The molecule has 0 saturated carbocycles. The van der Waals surface area contributed by atoms with Crippen molar-refractivity contribution in [3.05, 3.63) is 12.7 Å². The van der Waals surface area contributed by atoms with Gasteiger partial charge in [0.15, 0.2) is 0 Å². The zero-order chi connectivity index (χ0) is 13.0. The first-order valence-corrected chi connectivity index (χ1v) is 9.83. The normalized spacial score (nSPS) is 11.7. The molecule has 0 rings (SSSR count). The van der Waals surface area contributed by atoms with Crippen molar-refractivity contribution in [3.8, 4) is 0 Å². The lowest BCUT2D eigenvalue weighted by Gasteiger charge is -2.22. The third-order valence-corrected chi connectivity index (χ3v) is 4.52. The monoisotopic (exact) mass is 258 g/mol. The summed E-state index contributed by atoms with van der Waals surface area (Å²) in [5.41, 5.74) is 0. The van der Waals surface area contributed by atoms with E-state index in [1.54, 1.807) is 0 Å². The van der Waals surface area contributed by atoms with Gasteiger partial charge < -0.3 is 8.85 Å². The molecule has 0 atom stereocenters. The van der Waals surface area contributed by atoms with E-state index >= 15 is 0 Å². The first kappa shape index (κ1) is 16.9. The Morgan fingerprint density at radius 2 is 1.53 bits per heavy atom. The average Bonchev–Trinajstić information content (AvgIpc) is 2.28. The molecule has 3 heteroatoms. The lowest BCUT2D eigenvalue weighted by molar-refractivity contribution is 0.178. The van der Waals surface area contributed by atoms with Crippen LogP contribution in [0, 0.1) is 0 Å². The summed E-state index contributed by atoms with van der Waals surface area (Å²) < 4.78 is 11.6. The molecule has 0 bridgehead atoms. The van der Waals surface area contributed by atoms with Gasteiger partial charge in [0, 0.05) is 13.2 Å². The Bertz CT molecular complexity index is 181. The van der Waals surface area contributed by atoms with Gasteiger partial charge in [0.2, 0.25) is 0 Å². The molecule has 0 saturated heterocycles. The quantitative estimate of drug-likeness (QED) is 0.288. The first-order valence-electron chi connectivity index (χ1n) is 7.01. The molecule has 102 valence electrons. The predicted molar refractivity (Wildman–Crippen MR) is 77.6 cm³/mol. The van der Waals surface area contributed by atoms with Gasteiger partial charge in [-0.2, -0.15) is 0 Å². The second-order valence-electron chi connectivity index (χ2n) is 4.94. The minimum Gasteiger partial charge on any atom is -0.395 e. The van der Waals surface area contributed by atoms with E-state index in [1.807, 2.05) is 6.08 Å². The fourth-order valence-electron chi connectivity index (χ4n) is 1.63. The molecule has 0 radical (unpaired) electrons. The van der Waals surface area contributed by atoms with Crippen LogP contribution in [0.25, 0.3) is 0 Å². The van der Waals surface area contributed by atoms with Gasteiger partial charge in [-0.15, -0.1) is 6.58 Å². The fraction of sp³-hybridized carbons (Fsp3) is 0.857. The van der Waals surface area contributed by atoms with Gasteiger partial charge in [-0.25, -0.2) is 0 Å². The van der Waals surface area contributed by atoms with Gasteiger partial charge in [-0.1, -0.05) is 45.1 Å². The maximum Gasteiger partial charge on any atom is 0.331 e. The van der Waals surface area contributed by atoms with Crippen LogP contribution in [0.4, 0.5) is 0 Å². The maximum atomic E-state index is 5.86. The van der Waals surface area contributed by atoms with E-state index in [4.69, 9.17) is 8.85 Å². The Morgan fingerprint density at radius 1 is 0.941 bits per heavy atom. The van der Waals surface area contributed by atoms with E-state index in [9.17, 15) is 0 Å². The average molecular weight is 258 g/mol. The Hall–Kier alpha value is -0.123. The summed E-state index contributed by atoms with van der Waals surface area (Å²) in [4.78, 5) is 0. The van der Waals surface area contributed by atoms with Gasteiger partial charge >= 0.3 is 8.56 Å². The van der Waals surface area contributed by atoms with E-state index in [2.05, 4.69) is 26.6 Å². The highest BCUT2D eigenvalue weighted by Gasteiger charge is 2.23. The van der Waals surface area contributed by atoms with Gasteiger partial charge in [0.05, 0.1) is 0 Å². The second-order valence-corrected chi connectivity index (χ2v) is 8.32. The molecule has 0 heterocycles. The highest BCUT2D eigenvalue weighted by atomic mass is 28.4. The zero-order valence-corrected chi connectivity index (χ0v) is 13.0. The third-order valence-electron chi connectivity index (χ3n) is 2.72.